The van der Waals surface area contributed by atoms with Gasteiger partial charge in [-0.25, -0.2) is 9.97 Å². The van der Waals surface area contributed by atoms with Crippen LogP contribution in [-0.2, 0) is 0 Å². The zero-order chi connectivity index (χ0) is 11.2. The number of aryl methyl sites for hydroxylation is 1. The monoisotopic (exact) mass is 235 g/mol. The Morgan fingerprint density at radius 3 is 3.00 bits per heavy atom. The number of aliphatic hydroxyl groups is 1. The number of nitrogens with zero attached hydrogens (tertiary/aromatic N) is 2. The first-order valence-electron chi connectivity index (χ1n) is 5.32. The van der Waals surface area contributed by atoms with Gasteiger partial charge in [0.15, 0.2) is 0 Å². The van der Waals surface area contributed by atoms with Crippen LogP contribution >= 0.6 is 11.3 Å². The standard InChI is InChI=1S/C11H13N3OS/c1-7-4-16-9-8(7)12-6-13-10(9)14-11(5-15)2-3-11/h4,6,15H,2-3,5H2,1H3,(H,12,13,14). The second-order valence-corrected chi connectivity index (χ2v) is 5.26. The highest BCUT2D eigenvalue weighted by molar-refractivity contribution is 7.18. The largest absolute Gasteiger partial charge is 0.394 e. The Labute approximate surface area is 97.4 Å². The fourth-order valence-corrected chi connectivity index (χ4v) is 2.73. The number of rotatable bonds is 3. The summed E-state index contributed by atoms with van der Waals surface area (Å²) in [6.45, 7) is 2.22. The van der Waals surface area contributed by atoms with Crippen molar-refractivity contribution in [3.63, 3.8) is 0 Å². The summed E-state index contributed by atoms with van der Waals surface area (Å²) in [6.07, 6.45) is 3.61. The average Bonchev–Trinajstić information content (AvgIpc) is 2.98. The van der Waals surface area contributed by atoms with Crippen LogP contribution in [0.3, 0.4) is 0 Å². The van der Waals surface area contributed by atoms with E-state index in [1.54, 1.807) is 17.7 Å². The molecule has 2 aromatic heterocycles. The summed E-state index contributed by atoms with van der Waals surface area (Å²) in [4.78, 5) is 8.54. The molecule has 1 aliphatic carbocycles. The van der Waals surface area contributed by atoms with Crippen molar-refractivity contribution in [2.75, 3.05) is 11.9 Å². The van der Waals surface area contributed by atoms with E-state index in [0.29, 0.717) is 0 Å². The Morgan fingerprint density at radius 2 is 2.31 bits per heavy atom. The minimum atomic E-state index is -0.126. The number of anilines is 1. The minimum Gasteiger partial charge on any atom is -0.394 e. The van der Waals surface area contributed by atoms with Crippen molar-refractivity contribution in [3.8, 4) is 0 Å². The van der Waals surface area contributed by atoms with Crippen LogP contribution in [0.25, 0.3) is 10.2 Å². The number of aromatic nitrogens is 2. The van der Waals surface area contributed by atoms with Crippen LogP contribution in [0, 0.1) is 6.92 Å². The normalized spacial score (nSPS) is 17.6. The van der Waals surface area contributed by atoms with Gasteiger partial charge in [0, 0.05) is 0 Å². The third-order valence-corrected chi connectivity index (χ3v) is 4.16. The quantitative estimate of drug-likeness (QED) is 0.853. The first kappa shape index (κ1) is 9.99. The van der Waals surface area contributed by atoms with E-state index >= 15 is 0 Å². The number of aliphatic hydroxyl groups excluding tert-OH is 1. The summed E-state index contributed by atoms with van der Waals surface area (Å²) in [6, 6.07) is 0. The zero-order valence-corrected chi connectivity index (χ0v) is 9.84. The zero-order valence-electron chi connectivity index (χ0n) is 9.03. The molecule has 0 atom stereocenters. The van der Waals surface area contributed by atoms with E-state index < -0.39 is 0 Å². The minimum absolute atomic E-state index is 0.126. The summed E-state index contributed by atoms with van der Waals surface area (Å²) >= 11 is 1.65. The topological polar surface area (TPSA) is 58.0 Å². The predicted octanol–water partition coefficient (Wildman–Crippen LogP) is 1.94. The molecule has 5 heteroatoms. The lowest BCUT2D eigenvalue weighted by Gasteiger charge is -2.14. The van der Waals surface area contributed by atoms with Gasteiger partial charge in [-0.3, -0.25) is 0 Å². The maximum atomic E-state index is 9.29. The maximum absolute atomic E-state index is 9.29. The molecule has 2 N–H and O–H groups in total. The van der Waals surface area contributed by atoms with Gasteiger partial charge in [0.25, 0.3) is 0 Å². The van der Waals surface area contributed by atoms with E-state index in [4.69, 9.17) is 0 Å². The predicted molar refractivity (Wildman–Crippen MR) is 64.8 cm³/mol. The van der Waals surface area contributed by atoms with E-state index in [0.717, 1.165) is 28.9 Å². The molecule has 0 aliphatic heterocycles. The fraction of sp³-hybridized carbons (Fsp3) is 0.455. The second kappa shape index (κ2) is 3.40. The first-order valence-corrected chi connectivity index (χ1v) is 6.20. The van der Waals surface area contributed by atoms with Crippen LogP contribution < -0.4 is 5.32 Å². The van der Waals surface area contributed by atoms with E-state index in [9.17, 15) is 5.11 Å². The third-order valence-electron chi connectivity index (χ3n) is 3.07. The van der Waals surface area contributed by atoms with Crippen molar-refractivity contribution in [1.82, 2.24) is 9.97 Å². The van der Waals surface area contributed by atoms with Crippen molar-refractivity contribution < 1.29 is 5.11 Å². The van der Waals surface area contributed by atoms with Crippen molar-refractivity contribution in [3.05, 3.63) is 17.3 Å². The molecule has 2 heterocycles. The van der Waals surface area contributed by atoms with Gasteiger partial charge < -0.3 is 10.4 Å². The summed E-state index contributed by atoms with van der Waals surface area (Å²) < 4.78 is 1.08. The molecular formula is C11H13N3OS. The van der Waals surface area contributed by atoms with Gasteiger partial charge in [-0.2, -0.15) is 0 Å². The molecule has 1 saturated carbocycles. The molecule has 84 valence electrons. The van der Waals surface area contributed by atoms with Crippen LogP contribution in [0.2, 0.25) is 0 Å². The van der Waals surface area contributed by atoms with Gasteiger partial charge in [-0.15, -0.1) is 11.3 Å². The molecule has 0 unspecified atom stereocenters. The number of thiophene rings is 1. The molecule has 0 spiro atoms. The molecule has 0 amide bonds. The molecule has 0 radical (unpaired) electrons. The van der Waals surface area contributed by atoms with Crippen molar-refractivity contribution in [1.29, 1.82) is 0 Å². The molecular weight excluding hydrogens is 222 g/mol. The Balaban J connectivity index is 2.03. The highest BCUT2D eigenvalue weighted by Gasteiger charge is 2.42. The first-order chi connectivity index (χ1) is 7.74. The summed E-state index contributed by atoms with van der Waals surface area (Å²) in [7, 11) is 0. The van der Waals surface area contributed by atoms with Gasteiger partial charge >= 0.3 is 0 Å². The van der Waals surface area contributed by atoms with Crippen molar-refractivity contribution >= 4 is 27.4 Å². The lowest BCUT2D eigenvalue weighted by Crippen LogP contribution is -2.26. The summed E-state index contributed by atoms with van der Waals surface area (Å²) in [5, 5.41) is 14.7. The smallest absolute Gasteiger partial charge is 0.147 e. The lowest BCUT2D eigenvalue weighted by molar-refractivity contribution is 0.266. The molecule has 3 rings (SSSR count). The van der Waals surface area contributed by atoms with Gasteiger partial charge in [0.1, 0.15) is 12.1 Å². The highest BCUT2D eigenvalue weighted by Crippen LogP contribution is 2.40. The molecule has 0 saturated heterocycles. The van der Waals surface area contributed by atoms with Crippen LogP contribution in [0.5, 0.6) is 0 Å². The number of hydrogen-bond donors (Lipinski definition) is 2. The number of nitrogens with one attached hydrogen (secondary N) is 1. The fourth-order valence-electron chi connectivity index (χ4n) is 1.78. The number of hydrogen-bond acceptors (Lipinski definition) is 5. The molecule has 1 aliphatic rings. The lowest BCUT2D eigenvalue weighted by atomic mass is 10.2. The summed E-state index contributed by atoms with van der Waals surface area (Å²) in [5.74, 6) is 0.856. The Morgan fingerprint density at radius 1 is 1.50 bits per heavy atom. The van der Waals surface area contributed by atoms with E-state index in [-0.39, 0.29) is 12.1 Å². The third kappa shape index (κ3) is 1.47. The highest BCUT2D eigenvalue weighted by atomic mass is 32.1. The molecule has 2 aromatic rings. The van der Waals surface area contributed by atoms with Crippen LogP contribution in [0.4, 0.5) is 5.82 Å². The average molecular weight is 235 g/mol. The number of fused-ring (bicyclic) bond motifs is 1. The van der Waals surface area contributed by atoms with Gasteiger partial charge in [-0.05, 0) is 30.7 Å². The van der Waals surface area contributed by atoms with E-state index in [1.807, 2.05) is 0 Å². The van der Waals surface area contributed by atoms with E-state index in [2.05, 4.69) is 27.6 Å². The van der Waals surface area contributed by atoms with Gasteiger partial charge in [-0.1, -0.05) is 0 Å². The van der Waals surface area contributed by atoms with Crippen molar-refractivity contribution in [2.24, 2.45) is 0 Å². The second-order valence-electron chi connectivity index (χ2n) is 4.38. The Bertz CT molecular complexity index is 533. The molecule has 1 fully saturated rings. The van der Waals surface area contributed by atoms with Crippen LogP contribution in [0.1, 0.15) is 18.4 Å². The summed E-state index contributed by atoms with van der Waals surface area (Å²) in [5.41, 5.74) is 2.06. The van der Waals surface area contributed by atoms with Gasteiger partial charge in [0.2, 0.25) is 0 Å². The van der Waals surface area contributed by atoms with Gasteiger partial charge in [0.05, 0.1) is 22.4 Å². The van der Waals surface area contributed by atoms with Crippen molar-refractivity contribution in [2.45, 2.75) is 25.3 Å². The molecule has 4 nitrogen and oxygen atoms in total. The Hall–Kier alpha value is -1.20. The molecule has 16 heavy (non-hydrogen) atoms. The maximum Gasteiger partial charge on any atom is 0.147 e. The molecule has 0 bridgehead atoms. The van der Waals surface area contributed by atoms with E-state index in [1.165, 1.54) is 5.56 Å². The Kier molecular flexibility index (Phi) is 2.12. The van der Waals surface area contributed by atoms with Crippen LogP contribution in [0.15, 0.2) is 11.7 Å². The molecule has 0 aromatic carbocycles. The van der Waals surface area contributed by atoms with Crippen LogP contribution in [-0.4, -0.2) is 27.2 Å². The SMILES string of the molecule is Cc1csc2c(NC3(CO)CC3)ncnc12.